The molecule has 0 bridgehead atoms. The molecule has 0 radical (unpaired) electrons. The molecular weight excluding hydrogens is 456 g/mol. The fraction of sp³-hybridized carbons (Fsp3) is 0.615. The van der Waals surface area contributed by atoms with E-state index >= 15 is 0 Å². The second kappa shape index (κ2) is 10.2. The molecule has 0 amide bonds. The van der Waals surface area contributed by atoms with E-state index in [1.54, 1.807) is 10.8 Å². The number of hydrogen-bond donors (Lipinski definition) is 2. The van der Waals surface area contributed by atoms with Gasteiger partial charge in [0.05, 0.1) is 18.5 Å². The minimum absolute atomic E-state index is 0.170. The fourth-order valence-corrected chi connectivity index (χ4v) is 5.44. The molecule has 10 nitrogen and oxygen atoms in total. The van der Waals surface area contributed by atoms with Gasteiger partial charge in [-0.3, -0.25) is 4.79 Å². The molecule has 2 unspecified atom stereocenters. The molecule has 0 aliphatic carbocycles. The van der Waals surface area contributed by atoms with Crippen molar-refractivity contribution < 1.29 is 9.90 Å². The van der Waals surface area contributed by atoms with Crippen LogP contribution in [0.2, 0.25) is 0 Å². The molecule has 5 rings (SSSR count). The van der Waals surface area contributed by atoms with Gasteiger partial charge in [0.1, 0.15) is 11.3 Å². The Balaban J connectivity index is 1.38. The Morgan fingerprint density at radius 2 is 2.06 bits per heavy atom. The highest BCUT2D eigenvalue weighted by atomic mass is 16.3. The maximum Gasteiger partial charge on any atom is 0.246 e. The molecule has 3 atom stereocenters. The number of β-amino-alcohol motifs (C(OH)–C–C–N with tert-alkyl or cyclic N) is 1. The van der Waals surface area contributed by atoms with Crippen LogP contribution < -0.4 is 10.2 Å². The topological polar surface area (TPSA) is 104 Å². The predicted molar refractivity (Wildman–Crippen MR) is 140 cm³/mol. The molecule has 2 N–H and O–H groups in total. The van der Waals surface area contributed by atoms with Gasteiger partial charge in [-0.05, 0) is 65.1 Å². The summed E-state index contributed by atoms with van der Waals surface area (Å²) in [5.41, 5.74) is 0.816. The summed E-state index contributed by atoms with van der Waals surface area (Å²) in [6, 6.07) is 4.23. The molecule has 0 aromatic carbocycles. The summed E-state index contributed by atoms with van der Waals surface area (Å²) in [4.78, 5) is 27.1. The lowest BCUT2D eigenvalue weighted by atomic mass is 9.90. The Morgan fingerprint density at radius 3 is 2.81 bits per heavy atom. The van der Waals surface area contributed by atoms with Gasteiger partial charge >= 0.3 is 0 Å². The quantitative estimate of drug-likeness (QED) is 0.492. The Morgan fingerprint density at radius 1 is 1.22 bits per heavy atom. The highest BCUT2D eigenvalue weighted by Crippen LogP contribution is 2.30. The Kier molecular flexibility index (Phi) is 6.98. The van der Waals surface area contributed by atoms with Crippen LogP contribution in [0.3, 0.4) is 0 Å². The molecule has 36 heavy (non-hydrogen) atoms. The molecule has 10 heteroatoms. The minimum atomic E-state index is -0.584. The van der Waals surface area contributed by atoms with Crippen LogP contribution >= 0.6 is 0 Å². The smallest absolute Gasteiger partial charge is 0.246 e. The molecule has 3 aromatic rings. The Hall–Kier alpha value is -2.98. The SMILES string of the molecule is CC(C)N1CCCC(CC(=O)C2C[C@H](O)CN2c2nc(Nc3cn(C(C)C)cn3)c3cccn3n2)C1. The van der Waals surface area contributed by atoms with Gasteiger partial charge in [0.2, 0.25) is 5.95 Å². The number of anilines is 3. The molecule has 0 spiro atoms. The maximum atomic E-state index is 13.5. The summed E-state index contributed by atoms with van der Waals surface area (Å²) < 4.78 is 3.79. The Bertz CT molecular complexity index is 1200. The van der Waals surface area contributed by atoms with Crippen LogP contribution in [0.25, 0.3) is 5.52 Å². The third-order valence-electron chi connectivity index (χ3n) is 7.50. The number of piperidine rings is 1. The van der Waals surface area contributed by atoms with Crippen LogP contribution in [0.4, 0.5) is 17.6 Å². The van der Waals surface area contributed by atoms with Gasteiger partial charge in [-0.15, -0.1) is 5.10 Å². The molecule has 2 fully saturated rings. The van der Waals surface area contributed by atoms with Crippen LogP contribution in [0.5, 0.6) is 0 Å². The van der Waals surface area contributed by atoms with Crippen LogP contribution in [-0.2, 0) is 4.79 Å². The van der Waals surface area contributed by atoms with E-state index in [1.165, 1.54) is 0 Å². The standard InChI is InChI=1S/C26H38N8O2/c1-17(2)31-9-5-7-19(13-31)11-23(36)22-12-20(35)14-33(22)26-29-25(21-8-6-10-34(21)30-26)28-24-15-32(16-27-24)18(3)4/h6,8,10,15-20,22,35H,5,7,9,11-14H2,1-4H3,(H,28,29,30)/t19?,20-,22?/m0/s1. The van der Waals surface area contributed by atoms with Crippen LogP contribution in [0, 0.1) is 5.92 Å². The number of carbonyl (C=O) groups is 1. The summed E-state index contributed by atoms with van der Waals surface area (Å²) >= 11 is 0. The van der Waals surface area contributed by atoms with Crippen molar-refractivity contribution in [2.75, 3.05) is 29.9 Å². The highest BCUT2D eigenvalue weighted by molar-refractivity contribution is 5.88. The fourth-order valence-electron chi connectivity index (χ4n) is 5.44. The average molecular weight is 495 g/mol. The molecule has 194 valence electrons. The third kappa shape index (κ3) is 5.10. The van der Waals surface area contributed by atoms with Crippen molar-refractivity contribution in [1.82, 2.24) is 29.0 Å². The van der Waals surface area contributed by atoms with E-state index in [2.05, 4.69) is 42.9 Å². The lowest BCUT2D eigenvalue weighted by molar-refractivity contribution is -0.121. The zero-order chi connectivity index (χ0) is 25.4. The van der Waals surface area contributed by atoms with E-state index in [0.717, 1.165) is 31.4 Å². The van der Waals surface area contributed by atoms with E-state index in [-0.39, 0.29) is 5.78 Å². The molecule has 2 aliphatic rings. The molecule has 2 saturated heterocycles. The monoisotopic (exact) mass is 494 g/mol. The van der Waals surface area contributed by atoms with E-state index in [9.17, 15) is 9.90 Å². The zero-order valence-corrected chi connectivity index (χ0v) is 21.7. The van der Waals surface area contributed by atoms with Crippen LogP contribution in [0.15, 0.2) is 30.9 Å². The van der Waals surface area contributed by atoms with E-state index < -0.39 is 12.1 Å². The second-order valence-electron chi connectivity index (χ2n) is 10.8. The number of aromatic nitrogens is 5. The zero-order valence-electron chi connectivity index (χ0n) is 21.7. The maximum absolute atomic E-state index is 13.5. The summed E-state index contributed by atoms with van der Waals surface area (Å²) in [6.45, 7) is 11.0. The van der Waals surface area contributed by atoms with Gasteiger partial charge in [-0.25, -0.2) is 9.50 Å². The molecule has 5 heterocycles. The van der Waals surface area contributed by atoms with Gasteiger partial charge in [-0.1, -0.05) is 0 Å². The van der Waals surface area contributed by atoms with Gasteiger partial charge in [-0.2, -0.15) is 4.98 Å². The first-order valence-corrected chi connectivity index (χ1v) is 13.2. The lowest BCUT2D eigenvalue weighted by Crippen LogP contribution is -2.43. The molecule has 2 aliphatic heterocycles. The summed E-state index contributed by atoms with van der Waals surface area (Å²) in [5, 5.41) is 18.6. The number of imidazole rings is 1. The predicted octanol–water partition coefficient (Wildman–Crippen LogP) is 3.27. The van der Waals surface area contributed by atoms with Crippen molar-refractivity contribution in [3.8, 4) is 0 Å². The van der Waals surface area contributed by atoms with Gasteiger partial charge in [0.25, 0.3) is 0 Å². The number of rotatable bonds is 8. The number of fused-ring (bicyclic) bond motifs is 1. The number of aliphatic hydroxyl groups excluding tert-OH is 1. The number of likely N-dealkylation sites (tertiary alicyclic amines) is 1. The van der Waals surface area contributed by atoms with E-state index in [0.29, 0.717) is 55.0 Å². The third-order valence-corrected chi connectivity index (χ3v) is 7.50. The first kappa shape index (κ1) is 24.7. The van der Waals surface area contributed by atoms with Crippen molar-refractivity contribution >= 4 is 28.9 Å². The summed E-state index contributed by atoms with van der Waals surface area (Å²) in [7, 11) is 0. The van der Waals surface area contributed by atoms with Crippen molar-refractivity contribution in [3.63, 3.8) is 0 Å². The summed E-state index contributed by atoms with van der Waals surface area (Å²) in [5.74, 6) is 2.27. The van der Waals surface area contributed by atoms with Crippen molar-refractivity contribution in [3.05, 3.63) is 30.9 Å². The van der Waals surface area contributed by atoms with Crippen molar-refractivity contribution in [1.29, 1.82) is 0 Å². The number of aliphatic hydroxyl groups is 1. The highest BCUT2D eigenvalue weighted by Gasteiger charge is 2.39. The van der Waals surface area contributed by atoms with Crippen molar-refractivity contribution in [2.45, 2.75) is 77.6 Å². The number of nitrogens with one attached hydrogen (secondary N) is 1. The van der Waals surface area contributed by atoms with Gasteiger partial charge in [0.15, 0.2) is 11.6 Å². The van der Waals surface area contributed by atoms with Gasteiger partial charge in [0, 0.05) is 50.4 Å². The van der Waals surface area contributed by atoms with Crippen LogP contribution in [-0.4, -0.2) is 77.8 Å². The first-order valence-electron chi connectivity index (χ1n) is 13.2. The molecular formula is C26H38N8O2. The lowest BCUT2D eigenvalue weighted by Gasteiger charge is -2.35. The number of Topliss-reactive ketones (excluding diaryl/α,β-unsaturated/α-hetero) is 1. The average Bonchev–Trinajstić information content (AvgIpc) is 3.58. The van der Waals surface area contributed by atoms with Crippen LogP contribution in [0.1, 0.15) is 59.4 Å². The first-order chi connectivity index (χ1) is 17.3. The Labute approximate surface area is 212 Å². The second-order valence-corrected chi connectivity index (χ2v) is 10.8. The van der Waals surface area contributed by atoms with E-state index in [1.807, 2.05) is 34.0 Å². The number of nitrogens with zero attached hydrogens (tertiary/aromatic N) is 7. The van der Waals surface area contributed by atoms with E-state index in [4.69, 9.17) is 10.1 Å². The number of carbonyl (C=O) groups excluding carboxylic acids is 1. The minimum Gasteiger partial charge on any atom is -0.391 e. The molecule has 3 aromatic heterocycles. The number of ketones is 1. The molecule has 0 saturated carbocycles. The van der Waals surface area contributed by atoms with Crippen molar-refractivity contribution in [2.24, 2.45) is 5.92 Å². The largest absolute Gasteiger partial charge is 0.391 e. The van der Waals surface area contributed by atoms with Gasteiger partial charge < -0.3 is 24.8 Å². The number of hydrogen-bond acceptors (Lipinski definition) is 8. The summed E-state index contributed by atoms with van der Waals surface area (Å²) in [6.07, 6.45) is 8.16. The normalized spacial score (nSPS) is 23.3.